The standard InChI is InChI=1S/C52H48N2O/c1-4-34(2)50(38-24-22-36(33-53)23-25-38)35(3)51(39-14-6-5-7-15-39)54-41-29-26-37(27-30-41)40-28-31-47-49(32-40)55-48-21-13-12-20-46(48)52(47)44-18-10-8-16-42(44)43-17-9-11-19-45(43)52/h6,8-11,14-32,34,42-45H,4-5,7,12-13H2,1-3H3/b50-35+,54-51+. The van der Waals surface area contributed by atoms with Crippen LogP contribution in [0.2, 0.25) is 0 Å². The summed E-state index contributed by atoms with van der Waals surface area (Å²) in [4.78, 5) is 5.38. The molecule has 0 bridgehead atoms. The maximum absolute atomic E-state index is 9.45. The molecule has 0 radical (unpaired) electrons. The van der Waals surface area contributed by atoms with Crippen molar-refractivity contribution in [3.8, 4) is 22.9 Å². The Kier molecular flexibility index (Phi) is 9.23. The Morgan fingerprint density at radius 3 is 2.16 bits per heavy atom. The minimum absolute atomic E-state index is 0.176. The van der Waals surface area contributed by atoms with Crippen LogP contribution in [0.3, 0.4) is 0 Å². The lowest BCUT2D eigenvalue weighted by atomic mass is 9.58. The molecule has 1 heterocycles. The number of hydrogen-bond donors (Lipinski definition) is 0. The zero-order valence-corrected chi connectivity index (χ0v) is 32.1. The van der Waals surface area contributed by atoms with Crippen LogP contribution in [0.25, 0.3) is 16.7 Å². The maximum atomic E-state index is 9.45. The average Bonchev–Trinajstić information content (AvgIpc) is 3.54. The highest BCUT2D eigenvalue weighted by atomic mass is 16.5. The molecule has 5 aliphatic carbocycles. The lowest BCUT2D eigenvalue weighted by Crippen LogP contribution is -2.44. The number of aliphatic imine (C=N–C) groups is 1. The van der Waals surface area contributed by atoms with Crippen LogP contribution in [-0.4, -0.2) is 5.71 Å². The van der Waals surface area contributed by atoms with E-state index >= 15 is 0 Å². The second-order valence-corrected chi connectivity index (χ2v) is 15.9. The summed E-state index contributed by atoms with van der Waals surface area (Å²) in [7, 11) is 0. The zero-order valence-electron chi connectivity index (χ0n) is 32.1. The predicted octanol–water partition coefficient (Wildman–Crippen LogP) is 13.1. The van der Waals surface area contributed by atoms with Crippen LogP contribution in [0.5, 0.6) is 5.75 Å². The number of ether oxygens (including phenoxy) is 1. The number of benzene rings is 3. The molecule has 9 rings (SSSR count). The van der Waals surface area contributed by atoms with Crippen LogP contribution in [0, 0.1) is 40.9 Å². The first-order valence-electron chi connectivity index (χ1n) is 20.2. The fraction of sp³-hybridized carbons (Fsp3) is 0.269. The summed E-state index contributed by atoms with van der Waals surface area (Å²) < 4.78 is 6.87. The van der Waals surface area contributed by atoms with Gasteiger partial charge in [0.15, 0.2) is 0 Å². The Labute approximate surface area is 326 Å². The summed E-state index contributed by atoms with van der Waals surface area (Å²) >= 11 is 0. The molecular formula is C52H48N2O. The van der Waals surface area contributed by atoms with Gasteiger partial charge in [-0.25, -0.2) is 4.99 Å². The van der Waals surface area contributed by atoms with E-state index in [2.05, 4.69) is 160 Å². The summed E-state index contributed by atoms with van der Waals surface area (Å²) in [5.41, 5.74) is 12.2. The van der Waals surface area contributed by atoms with E-state index in [-0.39, 0.29) is 5.41 Å². The van der Waals surface area contributed by atoms with Gasteiger partial charge >= 0.3 is 0 Å². The van der Waals surface area contributed by atoms with Gasteiger partial charge in [-0.2, -0.15) is 5.26 Å². The Morgan fingerprint density at radius 2 is 1.49 bits per heavy atom. The van der Waals surface area contributed by atoms with Crippen molar-refractivity contribution in [2.75, 3.05) is 0 Å². The van der Waals surface area contributed by atoms with Gasteiger partial charge in [-0.15, -0.1) is 0 Å². The molecule has 0 N–H and O–H groups in total. The molecule has 1 fully saturated rings. The van der Waals surface area contributed by atoms with Gasteiger partial charge in [0.25, 0.3) is 0 Å². The Balaban J connectivity index is 1.11. The number of hydrogen-bond acceptors (Lipinski definition) is 3. The first-order chi connectivity index (χ1) is 27.0. The van der Waals surface area contributed by atoms with E-state index in [0.29, 0.717) is 35.2 Å². The van der Waals surface area contributed by atoms with Crippen molar-refractivity contribution >= 4 is 17.0 Å². The van der Waals surface area contributed by atoms with Gasteiger partial charge in [0.1, 0.15) is 11.5 Å². The molecule has 0 amide bonds. The van der Waals surface area contributed by atoms with Crippen LogP contribution in [0.1, 0.15) is 69.6 Å². The summed E-state index contributed by atoms with van der Waals surface area (Å²) in [6.45, 7) is 6.74. The molecular weight excluding hydrogens is 669 g/mol. The van der Waals surface area contributed by atoms with Gasteiger partial charge in [-0.1, -0.05) is 123 Å². The van der Waals surface area contributed by atoms with Gasteiger partial charge in [0.2, 0.25) is 0 Å². The molecule has 1 spiro atoms. The van der Waals surface area contributed by atoms with E-state index in [0.717, 1.165) is 77.3 Å². The van der Waals surface area contributed by atoms with Crippen molar-refractivity contribution in [1.82, 2.24) is 0 Å². The number of nitrogens with zero attached hydrogens (tertiary/aromatic N) is 2. The highest BCUT2D eigenvalue weighted by Crippen LogP contribution is 2.67. The van der Waals surface area contributed by atoms with Crippen molar-refractivity contribution in [3.05, 3.63) is 185 Å². The zero-order chi connectivity index (χ0) is 37.5. The van der Waals surface area contributed by atoms with Crippen LogP contribution in [0.15, 0.2) is 173 Å². The minimum Gasteiger partial charge on any atom is -0.457 e. The molecule has 6 aliphatic rings. The van der Waals surface area contributed by atoms with Crippen LogP contribution in [0.4, 0.5) is 5.69 Å². The monoisotopic (exact) mass is 716 g/mol. The lowest BCUT2D eigenvalue weighted by Gasteiger charge is -2.47. The largest absolute Gasteiger partial charge is 0.457 e. The van der Waals surface area contributed by atoms with Gasteiger partial charge in [0.05, 0.1) is 23.0 Å². The molecule has 0 saturated heterocycles. The second-order valence-electron chi connectivity index (χ2n) is 15.9. The predicted molar refractivity (Wildman–Crippen MR) is 227 cm³/mol. The van der Waals surface area contributed by atoms with Gasteiger partial charge in [-0.05, 0) is 138 Å². The highest BCUT2D eigenvalue weighted by molar-refractivity contribution is 6.18. The Hall–Kier alpha value is -5.72. The summed E-state index contributed by atoms with van der Waals surface area (Å²) in [5.74, 6) is 3.97. The number of allylic oxidation sites excluding steroid dienone is 17. The van der Waals surface area contributed by atoms with Gasteiger partial charge in [-0.3, -0.25) is 0 Å². The molecule has 3 heteroatoms. The summed E-state index contributed by atoms with van der Waals surface area (Å²) in [5, 5.41) is 9.45. The molecule has 0 aromatic heterocycles. The average molecular weight is 717 g/mol. The van der Waals surface area contributed by atoms with Crippen molar-refractivity contribution in [1.29, 1.82) is 5.26 Å². The van der Waals surface area contributed by atoms with Crippen molar-refractivity contribution in [3.63, 3.8) is 0 Å². The Morgan fingerprint density at radius 1 is 0.818 bits per heavy atom. The third-order valence-electron chi connectivity index (χ3n) is 13.0. The molecule has 3 aromatic carbocycles. The third kappa shape index (κ3) is 5.91. The lowest BCUT2D eigenvalue weighted by molar-refractivity contribution is 0.280. The number of rotatable bonds is 7. The van der Waals surface area contributed by atoms with Crippen molar-refractivity contribution < 1.29 is 4.74 Å². The molecule has 5 unspecified atom stereocenters. The van der Waals surface area contributed by atoms with Crippen LogP contribution in [-0.2, 0) is 5.41 Å². The molecule has 1 saturated carbocycles. The summed E-state index contributed by atoms with van der Waals surface area (Å²) in [6.07, 6.45) is 35.6. The minimum atomic E-state index is -0.176. The molecule has 55 heavy (non-hydrogen) atoms. The van der Waals surface area contributed by atoms with Gasteiger partial charge < -0.3 is 4.74 Å². The fourth-order valence-corrected chi connectivity index (χ4v) is 10.3. The SMILES string of the molecule is CCC(C)/C(=C(C)\C(=N/c1ccc(-c2ccc3c(c2)OC2=CCCC=C2C32C3C=CC=CC3C3C=CC=CC32)cc1)C1=CCCC=C1)c1ccc(C#N)cc1. The normalized spacial score (nSPS) is 26.7. The second kappa shape index (κ2) is 14.5. The van der Waals surface area contributed by atoms with E-state index in [1.54, 1.807) is 0 Å². The first-order valence-corrected chi connectivity index (χ1v) is 20.2. The van der Waals surface area contributed by atoms with E-state index in [1.807, 2.05) is 12.1 Å². The topological polar surface area (TPSA) is 45.4 Å². The van der Waals surface area contributed by atoms with E-state index in [9.17, 15) is 5.26 Å². The van der Waals surface area contributed by atoms with Gasteiger partial charge in [0, 0.05) is 16.6 Å². The van der Waals surface area contributed by atoms with Crippen LogP contribution >= 0.6 is 0 Å². The van der Waals surface area contributed by atoms with E-state index < -0.39 is 0 Å². The van der Waals surface area contributed by atoms with Crippen LogP contribution < -0.4 is 4.74 Å². The first kappa shape index (κ1) is 35.0. The number of nitriles is 1. The number of fused-ring (bicyclic) bond motifs is 9. The third-order valence-corrected chi connectivity index (χ3v) is 13.0. The van der Waals surface area contributed by atoms with Crippen molar-refractivity contribution in [2.24, 2.45) is 34.6 Å². The molecule has 272 valence electrons. The molecule has 5 atom stereocenters. The molecule has 3 nitrogen and oxygen atoms in total. The maximum Gasteiger partial charge on any atom is 0.132 e. The van der Waals surface area contributed by atoms with E-state index in [1.165, 1.54) is 22.3 Å². The fourth-order valence-electron chi connectivity index (χ4n) is 10.3. The quantitative estimate of drug-likeness (QED) is 0.229. The Bertz CT molecular complexity index is 2340. The smallest absolute Gasteiger partial charge is 0.132 e. The van der Waals surface area contributed by atoms with E-state index in [4.69, 9.17) is 9.73 Å². The highest BCUT2D eigenvalue weighted by Gasteiger charge is 2.63. The van der Waals surface area contributed by atoms with Crippen molar-refractivity contribution in [2.45, 2.75) is 58.3 Å². The summed E-state index contributed by atoms with van der Waals surface area (Å²) in [6, 6.07) is 25.9. The molecule has 3 aromatic rings. The molecule has 1 aliphatic heterocycles.